The molecule has 5 nitrogen and oxygen atoms in total. The number of benzene rings is 1. The average molecular weight is 448 g/mol. The van der Waals surface area contributed by atoms with Gasteiger partial charge in [0.2, 0.25) is 0 Å². The normalized spacial score (nSPS) is 15.9. The Labute approximate surface area is 184 Å². The maximum atomic E-state index is 13.0. The van der Waals surface area contributed by atoms with E-state index in [0.717, 1.165) is 30.2 Å². The molecule has 2 heterocycles. The quantitative estimate of drug-likeness (QED) is 0.462. The molecular weight excluding hydrogens is 421 g/mol. The maximum absolute atomic E-state index is 13.0. The number of hydrogen-bond acceptors (Lipinski definition) is 6. The number of thiophene rings is 1. The van der Waals surface area contributed by atoms with E-state index in [0.29, 0.717) is 17.5 Å². The predicted octanol–water partition coefficient (Wildman–Crippen LogP) is 5.11. The number of aromatic nitrogens is 3. The summed E-state index contributed by atoms with van der Waals surface area (Å²) in [5.74, 6) is 1.71. The van der Waals surface area contributed by atoms with Crippen molar-refractivity contribution < 1.29 is 14.2 Å². The van der Waals surface area contributed by atoms with Crippen molar-refractivity contribution in [2.24, 2.45) is 0 Å². The molecule has 1 aliphatic rings. The van der Waals surface area contributed by atoms with Crippen LogP contribution in [-0.4, -0.2) is 38.3 Å². The van der Waals surface area contributed by atoms with Crippen LogP contribution >= 0.6 is 23.1 Å². The Bertz CT molecular complexity index is 909. The molecule has 0 saturated heterocycles. The highest BCUT2D eigenvalue weighted by molar-refractivity contribution is 7.99. The minimum atomic E-state index is -0.655. The van der Waals surface area contributed by atoms with Crippen molar-refractivity contribution in [1.29, 1.82) is 0 Å². The molecule has 0 aliphatic heterocycles. The summed E-state index contributed by atoms with van der Waals surface area (Å²) in [6, 6.07) is 10.4. The molecule has 30 heavy (non-hydrogen) atoms. The zero-order chi connectivity index (χ0) is 20.8. The topological polar surface area (TPSA) is 60.2 Å². The summed E-state index contributed by atoms with van der Waals surface area (Å²) < 4.78 is 20.8. The Morgan fingerprint density at radius 1 is 1.17 bits per heavy atom. The van der Waals surface area contributed by atoms with Gasteiger partial charge in [-0.15, -0.1) is 21.5 Å². The minimum absolute atomic E-state index is 0.151. The first-order chi connectivity index (χ1) is 14.7. The number of rotatable bonds is 9. The molecule has 0 spiro atoms. The van der Waals surface area contributed by atoms with Crippen molar-refractivity contribution in [3.05, 3.63) is 58.3 Å². The molecular formula is C22H26FN3O2S2. The van der Waals surface area contributed by atoms with Crippen LogP contribution in [0.5, 0.6) is 5.75 Å². The van der Waals surface area contributed by atoms with Crippen molar-refractivity contribution in [3.8, 4) is 5.75 Å². The van der Waals surface area contributed by atoms with E-state index in [-0.39, 0.29) is 12.4 Å². The van der Waals surface area contributed by atoms with E-state index in [4.69, 9.17) is 4.74 Å². The summed E-state index contributed by atoms with van der Waals surface area (Å²) >= 11 is 3.26. The molecule has 1 fully saturated rings. The number of halogens is 1. The average Bonchev–Trinajstić information content (AvgIpc) is 3.43. The summed E-state index contributed by atoms with van der Waals surface area (Å²) in [4.78, 5) is 1.28. The van der Waals surface area contributed by atoms with Gasteiger partial charge in [0.1, 0.15) is 24.0 Å². The van der Waals surface area contributed by atoms with Crippen molar-refractivity contribution in [3.63, 3.8) is 0 Å². The van der Waals surface area contributed by atoms with Gasteiger partial charge in [-0.05, 0) is 48.6 Å². The molecule has 2 aromatic heterocycles. The van der Waals surface area contributed by atoms with E-state index < -0.39 is 6.10 Å². The van der Waals surface area contributed by atoms with Gasteiger partial charge in [0.15, 0.2) is 5.16 Å². The second-order valence-electron chi connectivity index (χ2n) is 7.55. The van der Waals surface area contributed by atoms with Gasteiger partial charge in [-0.3, -0.25) is 0 Å². The van der Waals surface area contributed by atoms with Gasteiger partial charge in [-0.2, -0.15) is 0 Å². The molecule has 1 aliphatic carbocycles. The zero-order valence-electron chi connectivity index (χ0n) is 16.7. The first-order valence-corrected chi connectivity index (χ1v) is 12.2. The highest BCUT2D eigenvalue weighted by Gasteiger charge is 2.24. The van der Waals surface area contributed by atoms with E-state index in [1.165, 1.54) is 48.0 Å². The number of nitrogens with zero attached hydrogens (tertiary/aromatic N) is 3. The molecule has 1 saturated carbocycles. The Morgan fingerprint density at radius 2 is 1.97 bits per heavy atom. The molecule has 1 N–H and O–H groups in total. The van der Waals surface area contributed by atoms with E-state index in [9.17, 15) is 9.50 Å². The molecule has 160 valence electrons. The molecule has 1 aromatic carbocycles. The fraction of sp³-hybridized carbons (Fsp3) is 0.455. The van der Waals surface area contributed by atoms with E-state index >= 15 is 0 Å². The van der Waals surface area contributed by atoms with Crippen LogP contribution in [-0.2, 0) is 6.42 Å². The largest absolute Gasteiger partial charge is 0.491 e. The van der Waals surface area contributed by atoms with Crippen molar-refractivity contribution >= 4 is 23.1 Å². The lowest BCUT2D eigenvalue weighted by Gasteiger charge is -2.25. The van der Waals surface area contributed by atoms with Gasteiger partial charge in [0.05, 0.1) is 6.10 Å². The smallest absolute Gasteiger partial charge is 0.191 e. The standard InChI is InChI=1S/C22H26FN3O2S2/c23-16-8-10-19(11-9-16)28-14-18(27)15-30-22-25-24-21(13-20-7-4-12-29-20)26(22)17-5-2-1-3-6-17/h4,7-12,17-18,27H,1-3,5-6,13-15H2. The van der Waals surface area contributed by atoms with Crippen LogP contribution in [0.15, 0.2) is 46.9 Å². The van der Waals surface area contributed by atoms with Crippen LogP contribution < -0.4 is 4.74 Å². The van der Waals surface area contributed by atoms with Crippen molar-refractivity contribution in [2.45, 2.75) is 55.8 Å². The predicted molar refractivity (Wildman–Crippen MR) is 118 cm³/mol. The van der Waals surface area contributed by atoms with Crippen LogP contribution in [0.1, 0.15) is 48.8 Å². The molecule has 0 amide bonds. The van der Waals surface area contributed by atoms with Crippen molar-refractivity contribution in [1.82, 2.24) is 14.8 Å². The van der Waals surface area contributed by atoms with E-state index in [1.807, 2.05) is 0 Å². The third-order valence-electron chi connectivity index (χ3n) is 5.25. The molecule has 1 unspecified atom stereocenters. The van der Waals surface area contributed by atoms with Crippen LogP contribution in [0, 0.1) is 5.82 Å². The second-order valence-corrected chi connectivity index (χ2v) is 9.57. The van der Waals surface area contributed by atoms with Crippen LogP contribution in [0.25, 0.3) is 0 Å². The first-order valence-electron chi connectivity index (χ1n) is 10.3. The van der Waals surface area contributed by atoms with Crippen molar-refractivity contribution in [2.75, 3.05) is 12.4 Å². The molecule has 0 bridgehead atoms. The van der Waals surface area contributed by atoms with Gasteiger partial charge in [0.25, 0.3) is 0 Å². The number of thioether (sulfide) groups is 1. The lowest BCUT2D eigenvalue weighted by Crippen LogP contribution is -2.21. The van der Waals surface area contributed by atoms with Crippen LogP contribution in [0.2, 0.25) is 0 Å². The second kappa shape index (κ2) is 10.4. The van der Waals surface area contributed by atoms with E-state index in [2.05, 4.69) is 32.3 Å². The Balaban J connectivity index is 1.39. The SMILES string of the molecule is OC(COc1ccc(F)cc1)CSc1nnc(Cc2cccs2)n1C1CCCCC1. The Kier molecular flexibility index (Phi) is 7.41. The summed E-state index contributed by atoms with van der Waals surface area (Å²) in [5.41, 5.74) is 0. The maximum Gasteiger partial charge on any atom is 0.191 e. The molecule has 8 heteroatoms. The van der Waals surface area contributed by atoms with Gasteiger partial charge >= 0.3 is 0 Å². The summed E-state index contributed by atoms with van der Waals surface area (Å²) in [5, 5.41) is 22.3. The Hall–Kier alpha value is -1.90. The third kappa shape index (κ3) is 5.62. The monoisotopic (exact) mass is 447 g/mol. The molecule has 1 atom stereocenters. The summed E-state index contributed by atoms with van der Waals surface area (Å²) in [7, 11) is 0. The number of aliphatic hydroxyl groups is 1. The van der Waals surface area contributed by atoms with E-state index in [1.54, 1.807) is 23.5 Å². The fourth-order valence-corrected chi connectivity index (χ4v) is 5.37. The third-order valence-corrected chi connectivity index (χ3v) is 7.21. The first kappa shape index (κ1) is 21.3. The lowest BCUT2D eigenvalue weighted by atomic mass is 9.95. The fourth-order valence-electron chi connectivity index (χ4n) is 3.74. The highest BCUT2D eigenvalue weighted by atomic mass is 32.2. The van der Waals surface area contributed by atoms with Gasteiger partial charge in [0, 0.05) is 23.1 Å². The zero-order valence-corrected chi connectivity index (χ0v) is 18.4. The molecule has 0 radical (unpaired) electrons. The Morgan fingerprint density at radius 3 is 2.70 bits per heavy atom. The summed E-state index contributed by atoms with van der Waals surface area (Å²) in [6.07, 6.45) is 6.20. The highest BCUT2D eigenvalue weighted by Crippen LogP contribution is 2.33. The molecule has 4 rings (SSSR count). The van der Waals surface area contributed by atoms with Gasteiger partial charge < -0.3 is 14.4 Å². The van der Waals surface area contributed by atoms with Crippen LogP contribution in [0.4, 0.5) is 4.39 Å². The number of ether oxygens (including phenoxy) is 1. The lowest BCUT2D eigenvalue weighted by molar-refractivity contribution is 0.126. The summed E-state index contributed by atoms with van der Waals surface area (Å²) in [6.45, 7) is 0.151. The number of aliphatic hydroxyl groups excluding tert-OH is 1. The van der Waals surface area contributed by atoms with Gasteiger partial charge in [-0.25, -0.2) is 4.39 Å². The number of hydrogen-bond donors (Lipinski definition) is 1. The minimum Gasteiger partial charge on any atom is -0.491 e. The van der Waals surface area contributed by atoms with Crippen LogP contribution in [0.3, 0.4) is 0 Å². The van der Waals surface area contributed by atoms with Gasteiger partial charge in [-0.1, -0.05) is 37.1 Å². The molecule has 3 aromatic rings.